The van der Waals surface area contributed by atoms with Crippen molar-refractivity contribution in [3.63, 3.8) is 0 Å². The number of nitrogens with one attached hydrogen (secondary N) is 1. The molecule has 0 aliphatic carbocycles. The topological polar surface area (TPSA) is 84.2 Å². The Morgan fingerprint density at radius 1 is 1.25 bits per heavy atom. The van der Waals surface area contributed by atoms with Crippen LogP contribution in [-0.2, 0) is 5.41 Å². The lowest BCUT2D eigenvalue weighted by Crippen LogP contribution is -2.31. The van der Waals surface area contributed by atoms with Gasteiger partial charge in [-0.15, -0.1) is 0 Å². The molecule has 1 saturated heterocycles. The van der Waals surface area contributed by atoms with Gasteiger partial charge in [-0.3, -0.25) is 4.79 Å². The Morgan fingerprint density at radius 2 is 2.07 bits per heavy atom. The fourth-order valence-corrected chi connectivity index (χ4v) is 3.36. The van der Waals surface area contributed by atoms with Gasteiger partial charge in [0.15, 0.2) is 11.3 Å². The second-order valence-electron chi connectivity index (χ2n) is 8.34. The molecule has 1 amide bonds. The maximum Gasteiger partial charge on any atom is 0.289 e. The van der Waals surface area contributed by atoms with E-state index in [9.17, 15) is 4.79 Å². The van der Waals surface area contributed by atoms with Crippen LogP contribution in [0.5, 0.6) is 0 Å². The van der Waals surface area contributed by atoms with Gasteiger partial charge in [0.25, 0.3) is 5.91 Å². The second-order valence-corrected chi connectivity index (χ2v) is 8.34. The van der Waals surface area contributed by atoms with Crippen LogP contribution in [0.3, 0.4) is 0 Å². The molecular weight excluding hydrogens is 354 g/mol. The van der Waals surface area contributed by atoms with Crippen LogP contribution in [0.25, 0.3) is 11.1 Å². The van der Waals surface area contributed by atoms with Crippen LogP contribution in [0.15, 0.2) is 34.9 Å². The molecule has 1 fully saturated rings. The number of likely N-dealkylation sites (tertiary alicyclic amines) is 1. The fraction of sp³-hybridized carbons (Fsp3) is 0.429. The zero-order valence-corrected chi connectivity index (χ0v) is 16.7. The van der Waals surface area contributed by atoms with Crippen molar-refractivity contribution < 1.29 is 9.21 Å². The lowest BCUT2D eigenvalue weighted by atomic mass is 9.96. The number of anilines is 1. The Bertz CT molecular complexity index is 1020. The van der Waals surface area contributed by atoms with Crippen molar-refractivity contribution >= 4 is 22.8 Å². The first-order chi connectivity index (χ1) is 13.3. The van der Waals surface area contributed by atoms with Crippen molar-refractivity contribution in [3.05, 3.63) is 47.7 Å². The number of hydrogen-bond acceptors (Lipinski definition) is 6. The number of furan rings is 1. The highest BCUT2D eigenvalue weighted by Crippen LogP contribution is 2.23. The standard InChI is InChI=1S/C21H25N5O2/c1-13-5-6-16-15(23-13)11-17(28-16)19(27)26-10-8-14(12-26)24-18-7-9-22-20(25-18)21(2,3)4/h5-7,9,11,14H,8,10,12H2,1-4H3,(H,22,24,25). The van der Waals surface area contributed by atoms with E-state index >= 15 is 0 Å². The summed E-state index contributed by atoms with van der Waals surface area (Å²) in [6.07, 6.45) is 2.63. The molecule has 1 aliphatic heterocycles. The van der Waals surface area contributed by atoms with Crippen LogP contribution < -0.4 is 5.32 Å². The molecule has 1 aliphatic rings. The van der Waals surface area contributed by atoms with Gasteiger partial charge in [0.1, 0.15) is 17.2 Å². The second kappa shape index (κ2) is 6.89. The third kappa shape index (κ3) is 3.69. The minimum absolute atomic E-state index is 0.0991. The molecule has 0 spiro atoms. The number of carbonyl (C=O) groups excluding carboxylic acids is 1. The Morgan fingerprint density at radius 3 is 2.86 bits per heavy atom. The van der Waals surface area contributed by atoms with Gasteiger partial charge >= 0.3 is 0 Å². The maximum atomic E-state index is 12.8. The average Bonchev–Trinajstić information content (AvgIpc) is 3.27. The fourth-order valence-electron chi connectivity index (χ4n) is 3.36. The largest absolute Gasteiger partial charge is 0.449 e. The highest BCUT2D eigenvalue weighted by molar-refractivity contribution is 5.95. The molecule has 146 valence electrons. The van der Waals surface area contributed by atoms with Gasteiger partial charge < -0.3 is 14.6 Å². The predicted octanol–water partition coefficient (Wildman–Crippen LogP) is 3.55. The van der Waals surface area contributed by atoms with Crippen molar-refractivity contribution in [1.82, 2.24) is 19.9 Å². The Hall–Kier alpha value is -2.96. The Kier molecular flexibility index (Phi) is 4.53. The van der Waals surface area contributed by atoms with E-state index < -0.39 is 0 Å². The van der Waals surface area contributed by atoms with Crippen LogP contribution in [0.2, 0.25) is 0 Å². The van der Waals surface area contributed by atoms with Gasteiger partial charge in [0, 0.05) is 42.5 Å². The lowest BCUT2D eigenvalue weighted by molar-refractivity contribution is 0.0762. The third-order valence-corrected chi connectivity index (χ3v) is 4.88. The molecule has 0 aromatic carbocycles. The predicted molar refractivity (Wildman–Crippen MR) is 107 cm³/mol. The first-order valence-electron chi connectivity index (χ1n) is 9.56. The monoisotopic (exact) mass is 379 g/mol. The lowest BCUT2D eigenvalue weighted by Gasteiger charge is -2.19. The summed E-state index contributed by atoms with van der Waals surface area (Å²) in [5.74, 6) is 1.83. The Labute approximate surface area is 164 Å². The van der Waals surface area contributed by atoms with Crippen molar-refractivity contribution in [2.75, 3.05) is 18.4 Å². The Balaban J connectivity index is 1.44. The van der Waals surface area contributed by atoms with Crippen molar-refractivity contribution in [1.29, 1.82) is 0 Å². The third-order valence-electron chi connectivity index (χ3n) is 4.88. The molecule has 1 atom stereocenters. The number of aryl methyl sites for hydroxylation is 1. The van der Waals surface area contributed by atoms with E-state index in [0.29, 0.717) is 29.9 Å². The number of nitrogens with zero attached hydrogens (tertiary/aromatic N) is 4. The number of fused-ring (bicyclic) bond motifs is 1. The van der Waals surface area contributed by atoms with Crippen molar-refractivity contribution in [2.24, 2.45) is 0 Å². The minimum atomic E-state index is -0.108. The molecule has 0 saturated carbocycles. The molecule has 1 unspecified atom stereocenters. The van der Waals surface area contributed by atoms with E-state index in [0.717, 1.165) is 23.8 Å². The van der Waals surface area contributed by atoms with E-state index in [2.05, 4.69) is 41.0 Å². The smallest absolute Gasteiger partial charge is 0.289 e. The van der Waals surface area contributed by atoms with Crippen LogP contribution in [-0.4, -0.2) is 44.9 Å². The molecule has 3 aromatic rings. The zero-order valence-electron chi connectivity index (χ0n) is 16.7. The van der Waals surface area contributed by atoms with Gasteiger partial charge in [-0.05, 0) is 31.5 Å². The molecule has 0 radical (unpaired) electrons. The van der Waals surface area contributed by atoms with Gasteiger partial charge in [-0.1, -0.05) is 20.8 Å². The highest BCUT2D eigenvalue weighted by Gasteiger charge is 2.29. The number of amides is 1. The quantitative estimate of drug-likeness (QED) is 0.749. The first-order valence-corrected chi connectivity index (χ1v) is 9.56. The maximum absolute atomic E-state index is 12.8. The highest BCUT2D eigenvalue weighted by atomic mass is 16.3. The summed E-state index contributed by atoms with van der Waals surface area (Å²) in [6, 6.07) is 7.48. The minimum Gasteiger partial charge on any atom is -0.449 e. The first kappa shape index (κ1) is 18.4. The van der Waals surface area contributed by atoms with E-state index in [1.54, 1.807) is 12.3 Å². The summed E-state index contributed by atoms with van der Waals surface area (Å²) in [5.41, 5.74) is 2.15. The molecule has 7 nitrogen and oxygen atoms in total. The number of rotatable bonds is 3. The molecule has 4 heterocycles. The van der Waals surface area contributed by atoms with Gasteiger partial charge in [0.05, 0.1) is 0 Å². The molecular formula is C21H25N5O2. The molecule has 0 bridgehead atoms. The van der Waals surface area contributed by atoms with Gasteiger partial charge in [-0.2, -0.15) is 0 Å². The van der Waals surface area contributed by atoms with Crippen LogP contribution >= 0.6 is 0 Å². The van der Waals surface area contributed by atoms with E-state index in [4.69, 9.17) is 4.42 Å². The average molecular weight is 379 g/mol. The SMILES string of the molecule is Cc1ccc2oc(C(=O)N3CCC(Nc4ccnc(C(C)(C)C)n4)C3)cc2n1. The van der Waals surface area contributed by atoms with Crippen molar-refractivity contribution in [2.45, 2.75) is 45.6 Å². The van der Waals surface area contributed by atoms with Crippen LogP contribution in [0.1, 0.15) is 49.3 Å². The molecule has 7 heteroatoms. The van der Waals surface area contributed by atoms with Gasteiger partial charge in [-0.25, -0.2) is 15.0 Å². The number of hydrogen-bond donors (Lipinski definition) is 1. The summed E-state index contributed by atoms with van der Waals surface area (Å²) in [5, 5.41) is 3.44. The summed E-state index contributed by atoms with van der Waals surface area (Å²) in [4.78, 5) is 28.0. The summed E-state index contributed by atoms with van der Waals surface area (Å²) in [6.45, 7) is 9.47. The zero-order chi connectivity index (χ0) is 19.9. The number of pyridine rings is 1. The normalized spacial score (nSPS) is 17.3. The van der Waals surface area contributed by atoms with E-state index in [-0.39, 0.29) is 17.4 Å². The summed E-state index contributed by atoms with van der Waals surface area (Å²) < 4.78 is 5.71. The van der Waals surface area contributed by atoms with Gasteiger partial charge in [0.2, 0.25) is 0 Å². The molecule has 1 N–H and O–H groups in total. The van der Waals surface area contributed by atoms with Crippen molar-refractivity contribution in [3.8, 4) is 0 Å². The van der Waals surface area contributed by atoms with Crippen LogP contribution in [0, 0.1) is 6.92 Å². The van der Waals surface area contributed by atoms with E-state index in [1.807, 2.05) is 30.0 Å². The van der Waals surface area contributed by atoms with Crippen LogP contribution in [0.4, 0.5) is 5.82 Å². The van der Waals surface area contributed by atoms with E-state index in [1.165, 1.54) is 0 Å². The molecule has 4 rings (SSSR count). The number of aromatic nitrogens is 3. The summed E-state index contributed by atoms with van der Waals surface area (Å²) in [7, 11) is 0. The number of carbonyl (C=O) groups is 1. The summed E-state index contributed by atoms with van der Waals surface area (Å²) >= 11 is 0. The molecule has 28 heavy (non-hydrogen) atoms. The molecule has 3 aromatic heterocycles.